The van der Waals surface area contributed by atoms with Crippen molar-refractivity contribution >= 4 is 34.1 Å². The number of nitrogens with zero attached hydrogens (tertiary/aromatic N) is 2. The van der Waals surface area contributed by atoms with Crippen LogP contribution in [0.2, 0.25) is 0 Å². The van der Waals surface area contributed by atoms with Crippen LogP contribution in [0.4, 0.5) is 34.1 Å². The number of para-hydroxylation sites is 2. The van der Waals surface area contributed by atoms with E-state index < -0.39 is 0 Å². The molecule has 4 bridgehead atoms. The van der Waals surface area contributed by atoms with Gasteiger partial charge in [-0.15, -0.1) is 0 Å². The van der Waals surface area contributed by atoms with E-state index in [-0.39, 0.29) is 10.8 Å². The first kappa shape index (κ1) is 37.5. The van der Waals surface area contributed by atoms with Crippen molar-refractivity contribution in [3.05, 3.63) is 203 Å². The molecule has 7 aromatic carbocycles. The van der Waals surface area contributed by atoms with Gasteiger partial charge in [0.1, 0.15) is 0 Å². The van der Waals surface area contributed by atoms with E-state index in [4.69, 9.17) is 0 Å². The van der Waals surface area contributed by atoms with Crippen LogP contribution in [0.15, 0.2) is 164 Å². The Morgan fingerprint density at radius 3 is 1.50 bits per heavy atom. The van der Waals surface area contributed by atoms with Gasteiger partial charge < -0.3 is 9.80 Å². The smallest absolute Gasteiger partial charge is 0.0505 e. The first-order valence-electron chi connectivity index (χ1n) is 24.7. The highest BCUT2D eigenvalue weighted by molar-refractivity contribution is 5.89. The van der Waals surface area contributed by atoms with E-state index in [0.29, 0.717) is 17.3 Å². The molecule has 64 heavy (non-hydrogen) atoms. The summed E-state index contributed by atoms with van der Waals surface area (Å²) in [5, 5.41) is 0. The second kappa shape index (κ2) is 13.6. The summed E-state index contributed by atoms with van der Waals surface area (Å²) in [6.45, 7) is 4.86. The molecular formula is C62H58N2. The Balaban J connectivity index is 0.981. The summed E-state index contributed by atoms with van der Waals surface area (Å²) in [6.07, 6.45) is 13.4. The molecule has 1 spiro atoms. The standard InChI is InChI=1S/C62H58N2/c1-60(2)54-20-10-9-19-52(54)53-30-29-51(36-55(53)60)64(50-27-25-45(26-28-50)61-37-40-31-41(38-61)33-42(32-40)39-61)57-22-12-14-44-35-47-24-23-46-34-43-13-11-21-56(58(43)62(46,47)59(44)57)63(48-15-5-3-6-16-48)49-17-7-4-8-18-49/h3-22,25-30,36,40-42,46-47H,23-24,31-35,37-39H2,1-2H3. The van der Waals surface area contributed by atoms with Gasteiger partial charge in [-0.25, -0.2) is 0 Å². The van der Waals surface area contributed by atoms with Crippen LogP contribution in [-0.4, -0.2) is 0 Å². The van der Waals surface area contributed by atoms with Gasteiger partial charge in [-0.3, -0.25) is 0 Å². The fourth-order valence-corrected chi connectivity index (χ4v) is 16.3. The molecule has 2 nitrogen and oxygen atoms in total. The Morgan fingerprint density at radius 1 is 0.438 bits per heavy atom. The third-order valence-corrected chi connectivity index (χ3v) is 18.3. The molecule has 0 amide bonds. The van der Waals surface area contributed by atoms with Crippen LogP contribution in [0.1, 0.15) is 104 Å². The summed E-state index contributed by atoms with van der Waals surface area (Å²) < 4.78 is 0. The molecule has 8 aliphatic carbocycles. The van der Waals surface area contributed by atoms with E-state index >= 15 is 0 Å². The molecule has 316 valence electrons. The Kier molecular flexibility index (Phi) is 7.96. The van der Waals surface area contributed by atoms with E-state index in [2.05, 4.69) is 187 Å². The predicted octanol–water partition coefficient (Wildman–Crippen LogP) is 15.8. The van der Waals surface area contributed by atoms with Crippen LogP contribution >= 0.6 is 0 Å². The third kappa shape index (κ3) is 5.15. The minimum Gasteiger partial charge on any atom is -0.310 e. The van der Waals surface area contributed by atoms with Gasteiger partial charge in [0.05, 0.1) is 11.4 Å². The van der Waals surface area contributed by atoms with Crippen molar-refractivity contribution in [2.24, 2.45) is 29.6 Å². The van der Waals surface area contributed by atoms with Gasteiger partial charge in [-0.1, -0.05) is 117 Å². The molecule has 0 aromatic heterocycles. The first-order chi connectivity index (χ1) is 31.4. The van der Waals surface area contributed by atoms with Crippen LogP contribution in [-0.2, 0) is 29.1 Å². The second-order valence-electron chi connectivity index (χ2n) is 21.9. The van der Waals surface area contributed by atoms with Gasteiger partial charge in [0.15, 0.2) is 0 Å². The van der Waals surface area contributed by atoms with Crippen LogP contribution in [0.5, 0.6) is 0 Å². The summed E-state index contributed by atoms with van der Waals surface area (Å²) >= 11 is 0. The molecule has 0 saturated heterocycles. The van der Waals surface area contributed by atoms with Gasteiger partial charge in [0.25, 0.3) is 0 Å². The number of hydrogen-bond acceptors (Lipinski definition) is 2. The second-order valence-corrected chi connectivity index (χ2v) is 21.9. The average Bonchev–Trinajstić information content (AvgIpc) is 4.01. The highest BCUT2D eigenvalue weighted by Crippen LogP contribution is 2.69. The first-order valence-corrected chi connectivity index (χ1v) is 24.7. The molecule has 15 rings (SSSR count). The van der Waals surface area contributed by atoms with E-state index in [0.717, 1.165) is 30.6 Å². The quantitative estimate of drug-likeness (QED) is 0.158. The van der Waals surface area contributed by atoms with E-state index in [1.807, 2.05) is 0 Å². The molecule has 7 aromatic rings. The zero-order chi connectivity index (χ0) is 42.4. The molecule has 8 aliphatic rings. The lowest BCUT2D eigenvalue weighted by molar-refractivity contribution is -0.00518. The Bertz CT molecular complexity index is 2900. The van der Waals surface area contributed by atoms with Gasteiger partial charge in [-0.2, -0.15) is 0 Å². The fraction of sp³-hybridized carbons (Fsp3) is 0.323. The molecule has 0 radical (unpaired) electrons. The third-order valence-electron chi connectivity index (χ3n) is 18.3. The minimum absolute atomic E-state index is 0.0907. The fourth-order valence-electron chi connectivity index (χ4n) is 16.3. The highest BCUT2D eigenvalue weighted by Gasteiger charge is 2.62. The lowest BCUT2D eigenvalue weighted by Gasteiger charge is -2.57. The Morgan fingerprint density at radius 2 is 0.922 bits per heavy atom. The monoisotopic (exact) mass is 830 g/mol. The van der Waals surface area contributed by atoms with Crippen LogP contribution in [0, 0.1) is 29.6 Å². The molecule has 5 fully saturated rings. The minimum atomic E-state index is -0.0940. The van der Waals surface area contributed by atoms with Crippen LogP contribution in [0.25, 0.3) is 11.1 Å². The maximum absolute atomic E-state index is 2.71. The molecule has 5 saturated carbocycles. The lowest BCUT2D eigenvalue weighted by Crippen LogP contribution is -2.48. The molecule has 3 atom stereocenters. The lowest BCUT2D eigenvalue weighted by atomic mass is 9.48. The van der Waals surface area contributed by atoms with Crippen molar-refractivity contribution in [3.8, 4) is 11.1 Å². The van der Waals surface area contributed by atoms with Crippen LogP contribution in [0.3, 0.4) is 0 Å². The number of benzene rings is 7. The number of rotatable bonds is 7. The zero-order valence-corrected chi connectivity index (χ0v) is 37.4. The zero-order valence-electron chi connectivity index (χ0n) is 37.4. The summed E-state index contributed by atoms with van der Waals surface area (Å²) in [6, 6.07) is 63.6. The van der Waals surface area contributed by atoms with Crippen LogP contribution < -0.4 is 9.80 Å². The number of anilines is 6. The van der Waals surface area contributed by atoms with Gasteiger partial charge in [-0.05, 0) is 210 Å². The summed E-state index contributed by atoms with van der Waals surface area (Å²) in [5.41, 5.74) is 21.3. The average molecular weight is 831 g/mol. The SMILES string of the molecule is CC1(C)c2ccccc2-c2ccc(N(c3ccc(C45CC6CC(CC(C6)C4)C5)cc3)c3cccc4c3C35c6c(cccc6N(c6ccccc6)c6ccccc6)CC3CCC5C4)cc21. The molecule has 0 N–H and O–H groups in total. The maximum atomic E-state index is 2.71. The predicted molar refractivity (Wildman–Crippen MR) is 264 cm³/mol. The summed E-state index contributed by atoms with van der Waals surface area (Å²) in [4.78, 5) is 5.27. The molecular weight excluding hydrogens is 773 g/mol. The van der Waals surface area contributed by atoms with Crippen molar-refractivity contribution in [2.45, 2.75) is 94.3 Å². The summed E-state index contributed by atoms with van der Waals surface area (Å²) in [7, 11) is 0. The number of hydrogen-bond donors (Lipinski definition) is 0. The van der Waals surface area contributed by atoms with Gasteiger partial charge in [0, 0.05) is 33.6 Å². The Hall–Kier alpha value is -5.86. The molecule has 0 heterocycles. The van der Waals surface area contributed by atoms with E-state index in [1.54, 1.807) is 22.3 Å². The molecule has 0 aliphatic heterocycles. The van der Waals surface area contributed by atoms with Crippen molar-refractivity contribution in [3.63, 3.8) is 0 Å². The van der Waals surface area contributed by atoms with Crippen molar-refractivity contribution in [2.75, 3.05) is 9.80 Å². The van der Waals surface area contributed by atoms with Crippen molar-refractivity contribution < 1.29 is 0 Å². The topological polar surface area (TPSA) is 6.48 Å². The highest BCUT2D eigenvalue weighted by atomic mass is 15.2. The van der Waals surface area contributed by atoms with E-state index in [9.17, 15) is 0 Å². The van der Waals surface area contributed by atoms with Crippen molar-refractivity contribution in [1.29, 1.82) is 0 Å². The van der Waals surface area contributed by atoms with Gasteiger partial charge in [0.2, 0.25) is 0 Å². The normalized spacial score (nSPS) is 27.9. The maximum Gasteiger partial charge on any atom is 0.0505 e. The van der Waals surface area contributed by atoms with Crippen molar-refractivity contribution in [1.82, 2.24) is 0 Å². The summed E-state index contributed by atoms with van der Waals surface area (Å²) in [5.74, 6) is 3.90. The van der Waals surface area contributed by atoms with E-state index in [1.165, 1.54) is 113 Å². The molecule has 2 heteroatoms. The largest absolute Gasteiger partial charge is 0.310 e. The molecule has 3 unspecified atom stereocenters. The van der Waals surface area contributed by atoms with Gasteiger partial charge >= 0.3 is 0 Å². The Labute approximate surface area is 380 Å². The number of fused-ring (bicyclic) bond motifs is 5.